The van der Waals surface area contributed by atoms with Crippen LogP contribution in [-0.4, -0.2) is 53.4 Å². The van der Waals surface area contributed by atoms with E-state index in [2.05, 4.69) is 13.2 Å². The molecule has 0 aliphatic rings. The second-order valence-electron chi connectivity index (χ2n) is 6.44. The van der Waals surface area contributed by atoms with Crippen molar-refractivity contribution < 1.29 is 72.9 Å². The van der Waals surface area contributed by atoms with Crippen molar-refractivity contribution in [2.45, 2.75) is 63.9 Å². The van der Waals surface area contributed by atoms with Gasteiger partial charge in [0.25, 0.3) is 10.1 Å². The van der Waals surface area contributed by atoms with Gasteiger partial charge in [0.2, 0.25) is 0 Å². The number of hydrogen-bond acceptors (Lipinski definition) is 7. The average molecular weight is 444 g/mol. The molecule has 0 spiro atoms. The van der Waals surface area contributed by atoms with Crippen LogP contribution >= 0.6 is 0 Å². The Morgan fingerprint density at radius 2 is 1.45 bits per heavy atom. The fourth-order valence-electron chi connectivity index (χ4n) is 3.25. The topological polar surface area (TPSA) is 144 Å². The third-order valence-corrected chi connectivity index (χ3v) is 6.22. The first-order valence-electron chi connectivity index (χ1n) is 8.67. The molecule has 0 aromatic rings. The predicted octanol–water partition coefficient (Wildman–Crippen LogP) is -0.754. The fraction of sp³-hybridized carbons (Fsp3) is 0.611. The normalized spacial score (nSPS) is 16.1. The third kappa shape index (κ3) is 9.00. The first kappa shape index (κ1) is 30.0. The van der Waals surface area contributed by atoms with Crippen LogP contribution in [0, 0.1) is 5.41 Å². The second-order valence-corrected chi connectivity index (χ2v) is 8.17. The van der Waals surface area contributed by atoms with Gasteiger partial charge in [-0.15, -0.1) is 0 Å². The summed E-state index contributed by atoms with van der Waals surface area (Å²) in [4.78, 5) is 34.2. The van der Waals surface area contributed by atoms with Gasteiger partial charge in [-0.25, -0.2) is 9.59 Å². The van der Waals surface area contributed by atoms with Crippen molar-refractivity contribution in [3.63, 3.8) is 0 Å². The minimum Gasteiger partial charge on any atom is -1.00 e. The minimum atomic E-state index is -4.64. The molecule has 0 heterocycles. The van der Waals surface area contributed by atoms with Crippen LogP contribution < -0.4 is 29.6 Å². The largest absolute Gasteiger partial charge is 1.00 e. The van der Waals surface area contributed by atoms with Crippen molar-refractivity contribution in [2.75, 3.05) is 0 Å². The van der Waals surface area contributed by atoms with Crippen molar-refractivity contribution in [1.29, 1.82) is 0 Å². The number of carboxylic acid groups (broad SMARTS) is 1. The van der Waals surface area contributed by atoms with E-state index in [0.717, 1.165) is 12.2 Å². The van der Waals surface area contributed by atoms with Crippen LogP contribution in [-0.2, 0) is 34.0 Å². The molecular weight excluding hydrogens is 415 g/mol. The summed E-state index contributed by atoms with van der Waals surface area (Å²) in [6, 6.07) is 0. The number of carbonyl (C=O) groups excluding carboxylic acids is 2. The minimum absolute atomic E-state index is 0. The van der Waals surface area contributed by atoms with Crippen LogP contribution in [0.15, 0.2) is 25.3 Å². The summed E-state index contributed by atoms with van der Waals surface area (Å²) < 4.78 is 44.1. The van der Waals surface area contributed by atoms with E-state index < -0.39 is 50.9 Å². The van der Waals surface area contributed by atoms with E-state index in [-0.39, 0.29) is 56.7 Å². The molecule has 11 heteroatoms. The monoisotopic (exact) mass is 444 g/mol. The van der Waals surface area contributed by atoms with Gasteiger partial charge in [0.15, 0.2) is 0 Å². The standard InChI is InChI=1S/C18H28O9S.Na.H/c1-6-16(21)26-12(3)18(14(5)28(23,24)25,11-9-8-10-15(19)20)13(4)27-17(22)7-2;;/h6-7,12-14H,1-2,8-11H2,3-5H3,(H,19,20)(H,23,24,25);;/q;+1;-1. The molecule has 0 saturated carbocycles. The third-order valence-electron chi connectivity index (χ3n) is 4.89. The summed E-state index contributed by atoms with van der Waals surface area (Å²) in [7, 11) is -4.64. The summed E-state index contributed by atoms with van der Waals surface area (Å²) in [6.45, 7) is 10.6. The number of carbonyl (C=O) groups is 3. The number of hydrogen-bond donors (Lipinski definition) is 2. The summed E-state index contributed by atoms with van der Waals surface area (Å²) >= 11 is 0. The molecule has 0 bridgehead atoms. The van der Waals surface area contributed by atoms with Gasteiger partial charge in [0, 0.05) is 18.6 Å². The van der Waals surface area contributed by atoms with Gasteiger partial charge >= 0.3 is 47.5 Å². The maximum absolute atomic E-state index is 12.0. The molecule has 0 radical (unpaired) electrons. The number of esters is 2. The van der Waals surface area contributed by atoms with Crippen molar-refractivity contribution in [2.24, 2.45) is 5.41 Å². The molecule has 0 aromatic carbocycles. The molecule has 0 fully saturated rings. The Hall–Kier alpha value is -1.20. The van der Waals surface area contributed by atoms with Crippen molar-refractivity contribution >= 4 is 28.0 Å². The molecule has 0 rings (SSSR count). The van der Waals surface area contributed by atoms with Gasteiger partial charge in [0.1, 0.15) is 12.2 Å². The maximum atomic E-state index is 12.0. The summed E-state index contributed by atoms with van der Waals surface area (Å²) in [5, 5.41) is 7.31. The van der Waals surface area contributed by atoms with E-state index in [9.17, 15) is 27.4 Å². The van der Waals surface area contributed by atoms with E-state index in [1.165, 1.54) is 20.8 Å². The summed E-state index contributed by atoms with van der Waals surface area (Å²) in [5.74, 6) is -2.68. The first-order chi connectivity index (χ1) is 12.8. The summed E-state index contributed by atoms with van der Waals surface area (Å²) in [6.07, 6.45) is -0.178. The number of unbranched alkanes of at least 4 members (excludes halogenated alkanes) is 1. The summed E-state index contributed by atoms with van der Waals surface area (Å²) in [5.41, 5.74) is -1.55. The Morgan fingerprint density at radius 3 is 1.76 bits per heavy atom. The van der Waals surface area contributed by atoms with E-state index in [1.54, 1.807) is 0 Å². The van der Waals surface area contributed by atoms with E-state index >= 15 is 0 Å². The zero-order valence-corrected chi connectivity index (χ0v) is 20.1. The number of ether oxygens (including phenoxy) is 2. The molecular formula is C18H29NaO9S. The van der Waals surface area contributed by atoms with Crippen molar-refractivity contribution in [1.82, 2.24) is 0 Å². The number of aliphatic carboxylic acids is 1. The molecule has 0 saturated heterocycles. The van der Waals surface area contributed by atoms with Crippen molar-refractivity contribution in [3.05, 3.63) is 25.3 Å². The SMILES string of the molecule is C=CC(=O)OC(C)C(CCCCC(=O)O)(C(C)OC(=O)C=C)C(C)S(=O)(=O)O.[H-].[Na+]. The van der Waals surface area contributed by atoms with E-state index in [4.69, 9.17) is 14.6 Å². The number of carboxylic acids is 1. The fourth-order valence-corrected chi connectivity index (χ4v) is 4.31. The van der Waals surface area contributed by atoms with Crippen molar-refractivity contribution in [3.8, 4) is 0 Å². The van der Waals surface area contributed by atoms with Crippen LogP contribution in [0.4, 0.5) is 0 Å². The molecule has 3 atom stereocenters. The molecule has 0 aromatic heterocycles. The molecule has 9 nitrogen and oxygen atoms in total. The quantitative estimate of drug-likeness (QED) is 0.123. The smallest absolute Gasteiger partial charge is 1.00 e. The Kier molecular flexibility index (Phi) is 13.6. The van der Waals surface area contributed by atoms with E-state index in [0.29, 0.717) is 0 Å². The Morgan fingerprint density at radius 1 is 1.03 bits per heavy atom. The molecule has 0 amide bonds. The first-order valence-corrected chi connectivity index (χ1v) is 10.2. The molecule has 29 heavy (non-hydrogen) atoms. The molecule has 3 unspecified atom stereocenters. The molecule has 0 aliphatic carbocycles. The molecule has 2 N–H and O–H groups in total. The average Bonchev–Trinajstić information content (AvgIpc) is 2.59. The van der Waals surface area contributed by atoms with Gasteiger partial charge in [-0.2, -0.15) is 8.42 Å². The van der Waals surface area contributed by atoms with Crippen LogP contribution in [0.2, 0.25) is 0 Å². The molecule has 0 aliphatic heterocycles. The van der Waals surface area contributed by atoms with Gasteiger partial charge in [0.05, 0.1) is 10.7 Å². The Labute approximate surface area is 195 Å². The van der Waals surface area contributed by atoms with Gasteiger partial charge in [-0.3, -0.25) is 9.35 Å². The zero-order valence-electron chi connectivity index (χ0n) is 18.3. The second kappa shape index (κ2) is 13.2. The molecule has 162 valence electrons. The predicted molar refractivity (Wildman–Crippen MR) is 102 cm³/mol. The van der Waals surface area contributed by atoms with Crippen LogP contribution in [0.25, 0.3) is 0 Å². The zero-order chi connectivity index (χ0) is 22.1. The van der Waals surface area contributed by atoms with Crippen LogP contribution in [0.1, 0.15) is 47.9 Å². The van der Waals surface area contributed by atoms with Crippen LogP contribution in [0.5, 0.6) is 0 Å². The Bertz CT molecular complexity index is 680. The maximum Gasteiger partial charge on any atom is 1.00 e. The van der Waals surface area contributed by atoms with Gasteiger partial charge in [-0.05, 0) is 33.6 Å². The number of rotatable bonds is 13. The van der Waals surface area contributed by atoms with E-state index in [1.807, 2.05) is 0 Å². The van der Waals surface area contributed by atoms with Gasteiger partial charge in [-0.1, -0.05) is 19.6 Å². The van der Waals surface area contributed by atoms with Crippen LogP contribution in [0.3, 0.4) is 0 Å². The van der Waals surface area contributed by atoms with Gasteiger partial charge < -0.3 is 16.0 Å². The Balaban J connectivity index is -0.00000364.